The van der Waals surface area contributed by atoms with Crippen LogP contribution in [0.3, 0.4) is 0 Å². The lowest BCUT2D eigenvalue weighted by Crippen LogP contribution is -2.39. The number of hydrogen-bond donors (Lipinski definition) is 3. The molecule has 25 heavy (non-hydrogen) atoms. The van der Waals surface area contributed by atoms with Crippen LogP contribution in [0, 0.1) is 5.41 Å². The van der Waals surface area contributed by atoms with Gasteiger partial charge in [-0.3, -0.25) is 4.99 Å². The second-order valence-electron chi connectivity index (χ2n) is 6.63. The van der Waals surface area contributed by atoms with Gasteiger partial charge < -0.3 is 20.5 Å². The second-order valence-corrected chi connectivity index (χ2v) is 7.06. The SMILES string of the molecule is CCNC(=NCC1(CCO)CCOC1)NCCCc1ccc(Cl)cc1. The molecule has 6 heteroatoms. The van der Waals surface area contributed by atoms with Crippen LogP contribution >= 0.6 is 11.6 Å². The molecule has 140 valence electrons. The standard InChI is InChI=1S/C19H30ClN3O2/c1-2-21-18(23-14-19(9-12-24)10-13-25-15-19)22-11-3-4-16-5-7-17(20)8-6-16/h5-8,24H,2-4,9-15H2,1H3,(H2,21,22,23). The van der Waals surface area contributed by atoms with E-state index < -0.39 is 0 Å². The van der Waals surface area contributed by atoms with Gasteiger partial charge in [-0.2, -0.15) is 0 Å². The minimum Gasteiger partial charge on any atom is -0.396 e. The molecule has 0 bridgehead atoms. The molecule has 0 aromatic heterocycles. The summed E-state index contributed by atoms with van der Waals surface area (Å²) in [5.74, 6) is 0.836. The molecule has 1 aliphatic heterocycles. The number of aryl methyl sites for hydroxylation is 1. The predicted molar refractivity (Wildman–Crippen MR) is 103 cm³/mol. The van der Waals surface area contributed by atoms with E-state index in [1.54, 1.807) is 0 Å². The number of guanidine groups is 1. The Labute approximate surface area is 155 Å². The second kappa shape index (κ2) is 10.6. The highest BCUT2D eigenvalue weighted by Crippen LogP contribution is 2.32. The largest absolute Gasteiger partial charge is 0.396 e. The Morgan fingerprint density at radius 3 is 2.76 bits per heavy atom. The lowest BCUT2D eigenvalue weighted by molar-refractivity contribution is 0.131. The summed E-state index contributed by atoms with van der Waals surface area (Å²) in [6, 6.07) is 8.00. The summed E-state index contributed by atoms with van der Waals surface area (Å²) in [5, 5.41) is 16.8. The van der Waals surface area contributed by atoms with Crippen molar-refractivity contribution in [2.75, 3.05) is 39.5 Å². The van der Waals surface area contributed by atoms with Gasteiger partial charge in [-0.05, 0) is 50.3 Å². The summed E-state index contributed by atoms with van der Waals surface area (Å²) in [6.45, 7) is 6.06. The number of aliphatic hydroxyl groups is 1. The number of aliphatic imine (C=N–C) groups is 1. The molecule has 0 saturated carbocycles. The third-order valence-electron chi connectivity index (χ3n) is 4.59. The molecule has 5 nitrogen and oxygen atoms in total. The van der Waals surface area contributed by atoms with Gasteiger partial charge in [0.25, 0.3) is 0 Å². The highest BCUT2D eigenvalue weighted by Gasteiger charge is 2.34. The van der Waals surface area contributed by atoms with E-state index >= 15 is 0 Å². The van der Waals surface area contributed by atoms with Crippen LogP contribution in [-0.2, 0) is 11.2 Å². The first kappa shape index (κ1) is 20.0. The maximum absolute atomic E-state index is 9.32. The summed E-state index contributed by atoms with van der Waals surface area (Å²) < 4.78 is 5.53. The summed E-state index contributed by atoms with van der Waals surface area (Å²) in [4.78, 5) is 4.73. The van der Waals surface area contributed by atoms with E-state index in [0.29, 0.717) is 13.2 Å². The third-order valence-corrected chi connectivity index (χ3v) is 4.84. The minimum absolute atomic E-state index is 0.0135. The van der Waals surface area contributed by atoms with Crippen molar-refractivity contribution in [2.24, 2.45) is 10.4 Å². The van der Waals surface area contributed by atoms with Gasteiger partial charge in [-0.25, -0.2) is 0 Å². The van der Waals surface area contributed by atoms with E-state index in [2.05, 4.69) is 29.7 Å². The minimum atomic E-state index is -0.0135. The Kier molecular flexibility index (Phi) is 8.52. The zero-order valence-electron chi connectivity index (χ0n) is 15.1. The van der Waals surface area contributed by atoms with Crippen LogP contribution in [0.25, 0.3) is 0 Å². The summed E-state index contributed by atoms with van der Waals surface area (Å²) >= 11 is 5.91. The van der Waals surface area contributed by atoms with Crippen LogP contribution in [0.15, 0.2) is 29.3 Å². The van der Waals surface area contributed by atoms with Gasteiger partial charge in [0.05, 0.1) is 13.2 Å². The Morgan fingerprint density at radius 1 is 1.32 bits per heavy atom. The quantitative estimate of drug-likeness (QED) is 0.356. The molecule has 2 rings (SSSR count). The number of rotatable bonds is 9. The highest BCUT2D eigenvalue weighted by atomic mass is 35.5. The fraction of sp³-hybridized carbons (Fsp3) is 0.632. The molecule has 0 amide bonds. The van der Waals surface area contributed by atoms with Gasteiger partial charge >= 0.3 is 0 Å². The smallest absolute Gasteiger partial charge is 0.191 e. The van der Waals surface area contributed by atoms with E-state index in [1.165, 1.54) is 5.56 Å². The first-order valence-corrected chi connectivity index (χ1v) is 9.50. The predicted octanol–water partition coefficient (Wildman–Crippen LogP) is 2.62. The molecule has 3 N–H and O–H groups in total. The Morgan fingerprint density at radius 2 is 2.12 bits per heavy atom. The topological polar surface area (TPSA) is 65.9 Å². The molecule has 1 unspecified atom stereocenters. The third kappa shape index (κ3) is 6.84. The van der Waals surface area contributed by atoms with Crippen LogP contribution in [0.5, 0.6) is 0 Å². The molecule has 0 aliphatic carbocycles. The molecule has 1 saturated heterocycles. The van der Waals surface area contributed by atoms with E-state index in [0.717, 1.165) is 56.4 Å². The summed E-state index contributed by atoms with van der Waals surface area (Å²) in [5.41, 5.74) is 1.28. The summed E-state index contributed by atoms with van der Waals surface area (Å²) in [7, 11) is 0. The molecular formula is C19H30ClN3O2. The van der Waals surface area contributed by atoms with Crippen molar-refractivity contribution in [3.05, 3.63) is 34.9 Å². The van der Waals surface area contributed by atoms with Gasteiger partial charge in [0, 0.05) is 36.7 Å². The molecule has 0 radical (unpaired) electrons. The normalized spacial score (nSPS) is 20.7. The Balaban J connectivity index is 1.79. The van der Waals surface area contributed by atoms with Gasteiger partial charge in [-0.1, -0.05) is 23.7 Å². The van der Waals surface area contributed by atoms with Crippen LogP contribution in [0.1, 0.15) is 31.7 Å². The lowest BCUT2D eigenvalue weighted by Gasteiger charge is -2.24. The molecule has 1 aromatic carbocycles. The fourth-order valence-corrected chi connectivity index (χ4v) is 3.15. The van der Waals surface area contributed by atoms with E-state index in [1.807, 2.05) is 12.1 Å². The number of aliphatic hydroxyl groups excluding tert-OH is 1. The van der Waals surface area contributed by atoms with Gasteiger partial charge in [-0.15, -0.1) is 0 Å². The lowest BCUT2D eigenvalue weighted by atomic mass is 9.84. The van der Waals surface area contributed by atoms with Crippen molar-refractivity contribution in [1.29, 1.82) is 0 Å². The Hall–Kier alpha value is -1.30. The number of halogens is 1. The first-order chi connectivity index (χ1) is 12.2. The van der Waals surface area contributed by atoms with Crippen LogP contribution < -0.4 is 10.6 Å². The molecular weight excluding hydrogens is 338 g/mol. The van der Waals surface area contributed by atoms with Gasteiger partial charge in [0.1, 0.15) is 0 Å². The van der Waals surface area contributed by atoms with Crippen LogP contribution in [0.2, 0.25) is 5.02 Å². The van der Waals surface area contributed by atoms with Gasteiger partial charge in [0.15, 0.2) is 5.96 Å². The molecule has 1 atom stereocenters. The van der Waals surface area contributed by atoms with Crippen molar-refractivity contribution in [2.45, 2.75) is 32.6 Å². The number of ether oxygens (including phenoxy) is 1. The van der Waals surface area contributed by atoms with Gasteiger partial charge in [0.2, 0.25) is 0 Å². The number of benzene rings is 1. The van der Waals surface area contributed by atoms with Crippen molar-refractivity contribution in [3.8, 4) is 0 Å². The number of nitrogens with zero attached hydrogens (tertiary/aromatic N) is 1. The van der Waals surface area contributed by atoms with E-state index in [-0.39, 0.29) is 12.0 Å². The maximum Gasteiger partial charge on any atom is 0.191 e. The van der Waals surface area contributed by atoms with Crippen molar-refractivity contribution in [3.63, 3.8) is 0 Å². The summed E-state index contributed by atoms with van der Waals surface area (Å²) in [6.07, 6.45) is 3.74. The van der Waals surface area contributed by atoms with E-state index in [9.17, 15) is 5.11 Å². The highest BCUT2D eigenvalue weighted by molar-refractivity contribution is 6.30. The van der Waals surface area contributed by atoms with Crippen LogP contribution in [0.4, 0.5) is 0 Å². The Bertz CT molecular complexity index is 528. The molecule has 1 fully saturated rings. The zero-order valence-corrected chi connectivity index (χ0v) is 15.8. The molecule has 1 aliphatic rings. The van der Waals surface area contributed by atoms with Crippen LogP contribution in [-0.4, -0.2) is 50.5 Å². The molecule has 1 aromatic rings. The number of hydrogen-bond acceptors (Lipinski definition) is 3. The first-order valence-electron chi connectivity index (χ1n) is 9.13. The van der Waals surface area contributed by atoms with E-state index in [4.69, 9.17) is 21.3 Å². The molecule has 0 spiro atoms. The van der Waals surface area contributed by atoms with Crippen molar-refractivity contribution in [1.82, 2.24) is 10.6 Å². The average molecular weight is 368 g/mol. The van der Waals surface area contributed by atoms with Crippen molar-refractivity contribution >= 4 is 17.6 Å². The average Bonchev–Trinajstić information content (AvgIpc) is 3.07. The van der Waals surface area contributed by atoms with Crippen molar-refractivity contribution < 1.29 is 9.84 Å². The number of nitrogens with one attached hydrogen (secondary N) is 2. The fourth-order valence-electron chi connectivity index (χ4n) is 3.03. The monoisotopic (exact) mass is 367 g/mol. The zero-order chi connectivity index (χ0) is 18.0. The maximum atomic E-state index is 9.32. The molecule has 1 heterocycles.